The first-order valence-electron chi connectivity index (χ1n) is 8.26. The molecule has 0 aromatic carbocycles. The van der Waals surface area contributed by atoms with Crippen LogP contribution in [0.5, 0.6) is 0 Å². The summed E-state index contributed by atoms with van der Waals surface area (Å²) in [5.41, 5.74) is 0.142. The predicted molar refractivity (Wildman–Crippen MR) is 90.6 cm³/mol. The Morgan fingerprint density at radius 3 is 2.56 bits per heavy atom. The first-order valence-corrected chi connectivity index (χ1v) is 9.87. The highest BCUT2D eigenvalue weighted by Crippen LogP contribution is 2.25. The Hall–Kier alpha value is -2.18. The SMILES string of the molecule is Cc1[nH]c(=O)c(C#N)cc1C(=O)N1CCC(N2CCCS2(=O)=O)CC1. The van der Waals surface area contributed by atoms with Gasteiger partial charge in [0, 0.05) is 31.4 Å². The number of aromatic amines is 1. The first-order chi connectivity index (χ1) is 11.8. The van der Waals surface area contributed by atoms with E-state index in [0.717, 1.165) is 0 Å². The van der Waals surface area contributed by atoms with E-state index in [2.05, 4.69) is 4.98 Å². The highest BCUT2D eigenvalue weighted by atomic mass is 32.2. The molecule has 0 aliphatic carbocycles. The van der Waals surface area contributed by atoms with Gasteiger partial charge in [-0.3, -0.25) is 9.59 Å². The molecule has 1 aromatic rings. The minimum absolute atomic E-state index is 0.0529. The molecule has 2 fully saturated rings. The fourth-order valence-corrected chi connectivity index (χ4v) is 5.33. The van der Waals surface area contributed by atoms with Crippen LogP contribution in [-0.2, 0) is 10.0 Å². The summed E-state index contributed by atoms with van der Waals surface area (Å²) in [6, 6.07) is 3.06. The lowest BCUT2D eigenvalue weighted by molar-refractivity contribution is 0.0680. The summed E-state index contributed by atoms with van der Waals surface area (Å²) in [7, 11) is -3.14. The van der Waals surface area contributed by atoms with Crippen molar-refractivity contribution in [2.45, 2.75) is 32.2 Å². The van der Waals surface area contributed by atoms with Crippen molar-refractivity contribution in [2.24, 2.45) is 0 Å². The van der Waals surface area contributed by atoms with Crippen molar-refractivity contribution in [3.8, 4) is 6.07 Å². The van der Waals surface area contributed by atoms with E-state index in [9.17, 15) is 18.0 Å². The zero-order valence-corrected chi connectivity index (χ0v) is 14.8. The maximum Gasteiger partial charge on any atom is 0.266 e. The Kier molecular flexibility index (Phi) is 4.67. The summed E-state index contributed by atoms with van der Waals surface area (Å²) in [4.78, 5) is 28.5. The highest BCUT2D eigenvalue weighted by molar-refractivity contribution is 7.89. The van der Waals surface area contributed by atoms with Crippen LogP contribution in [0.3, 0.4) is 0 Å². The Labute approximate surface area is 146 Å². The summed E-state index contributed by atoms with van der Waals surface area (Å²) in [5.74, 6) is -0.0346. The van der Waals surface area contributed by atoms with Crippen LogP contribution < -0.4 is 5.56 Å². The van der Waals surface area contributed by atoms with Gasteiger partial charge in [0.1, 0.15) is 11.6 Å². The normalized spacial score (nSPS) is 21.2. The summed E-state index contributed by atoms with van der Waals surface area (Å²) in [6.07, 6.45) is 1.85. The van der Waals surface area contributed by atoms with Gasteiger partial charge in [0.25, 0.3) is 11.5 Å². The molecule has 0 bridgehead atoms. The quantitative estimate of drug-likeness (QED) is 0.805. The van der Waals surface area contributed by atoms with Crippen molar-refractivity contribution in [3.05, 3.63) is 33.2 Å². The van der Waals surface area contributed by atoms with Gasteiger partial charge in [0.2, 0.25) is 10.0 Å². The fourth-order valence-electron chi connectivity index (χ4n) is 3.52. The van der Waals surface area contributed by atoms with Gasteiger partial charge in [0.05, 0.1) is 11.3 Å². The summed E-state index contributed by atoms with van der Waals surface area (Å²) in [5, 5.41) is 8.97. The van der Waals surface area contributed by atoms with Crippen molar-refractivity contribution in [3.63, 3.8) is 0 Å². The summed E-state index contributed by atoms with van der Waals surface area (Å²) >= 11 is 0. The van der Waals surface area contributed by atoms with Gasteiger partial charge in [-0.1, -0.05) is 0 Å². The molecule has 2 saturated heterocycles. The lowest BCUT2D eigenvalue weighted by atomic mass is 10.0. The number of aromatic nitrogens is 1. The van der Waals surface area contributed by atoms with E-state index < -0.39 is 15.6 Å². The van der Waals surface area contributed by atoms with Crippen LogP contribution in [0, 0.1) is 18.3 Å². The molecule has 3 rings (SSSR count). The number of hydrogen-bond acceptors (Lipinski definition) is 5. The van der Waals surface area contributed by atoms with Gasteiger partial charge >= 0.3 is 0 Å². The molecule has 0 spiro atoms. The second-order valence-corrected chi connectivity index (χ2v) is 8.51. The number of pyridine rings is 1. The van der Waals surface area contributed by atoms with E-state index in [4.69, 9.17) is 5.26 Å². The molecule has 2 aliphatic heterocycles. The molecule has 9 heteroatoms. The molecule has 0 unspecified atom stereocenters. The molecule has 1 N–H and O–H groups in total. The van der Waals surface area contributed by atoms with Gasteiger partial charge in [-0.2, -0.15) is 9.57 Å². The topological polar surface area (TPSA) is 114 Å². The largest absolute Gasteiger partial charge is 0.338 e. The Bertz CT molecular complexity index is 892. The third-order valence-corrected chi connectivity index (χ3v) is 6.89. The van der Waals surface area contributed by atoms with Gasteiger partial charge in [-0.05, 0) is 32.3 Å². The van der Waals surface area contributed by atoms with E-state index in [1.165, 1.54) is 6.07 Å². The zero-order valence-electron chi connectivity index (χ0n) is 14.0. The monoisotopic (exact) mass is 364 g/mol. The van der Waals surface area contributed by atoms with Gasteiger partial charge in [-0.15, -0.1) is 0 Å². The lowest BCUT2D eigenvalue weighted by Crippen LogP contribution is -2.47. The van der Waals surface area contributed by atoms with Gasteiger partial charge in [-0.25, -0.2) is 8.42 Å². The van der Waals surface area contributed by atoms with Crippen molar-refractivity contribution in [2.75, 3.05) is 25.4 Å². The van der Waals surface area contributed by atoms with Crippen LogP contribution in [0.15, 0.2) is 10.9 Å². The van der Waals surface area contributed by atoms with Crippen LogP contribution in [-0.4, -0.2) is 59.9 Å². The minimum Gasteiger partial charge on any atom is -0.338 e. The molecule has 1 amide bonds. The zero-order chi connectivity index (χ0) is 18.2. The van der Waals surface area contributed by atoms with Crippen molar-refractivity contribution >= 4 is 15.9 Å². The van der Waals surface area contributed by atoms with Crippen molar-refractivity contribution in [1.29, 1.82) is 5.26 Å². The predicted octanol–water partition coefficient (Wildman–Crippen LogP) is 0.195. The minimum atomic E-state index is -3.14. The number of amides is 1. The number of sulfonamides is 1. The van der Waals surface area contributed by atoms with E-state index in [1.807, 2.05) is 0 Å². The molecule has 0 atom stereocenters. The van der Waals surface area contributed by atoms with Gasteiger partial charge in [0.15, 0.2) is 0 Å². The molecule has 1 aromatic heterocycles. The highest BCUT2D eigenvalue weighted by Gasteiger charge is 2.37. The molecule has 3 heterocycles. The van der Waals surface area contributed by atoms with Crippen LogP contribution in [0.2, 0.25) is 0 Å². The maximum absolute atomic E-state index is 12.7. The van der Waals surface area contributed by atoms with E-state index in [0.29, 0.717) is 50.2 Å². The molecular formula is C16H20N4O4S. The average Bonchev–Trinajstić information content (AvgIpc) is 2.94. The number of rotatable bonds is 2. The second kappa shape index (κ2) is 6.61. The molecule has 0 radical (unpaired) electrons. The molecule has 25 heavy (non-hydrogen) atoms. The fraction of sp³-hybridized carbons (Fsp3) is 0.562. The number of piperidine rings is 1. The first kappa shape index (κ1) is 17.6. The van der Waals surface area contributed by atoms with Crippen LogP contribution >= 0.6 is 0 Å². The number of carbonyl (C=O) groups is 1. The number of nitrogens with one attached hydrogen (secondary N) is 1. The van der Waals surface area contributed by atoms with Crippen molar-refractivity contribution in [1.82, 2.24) is 14.2 Å². The van der Waals surface area contributed by atoms with Crippen molar-refractivity contribution < 1.29 is 13.2 Å². The van der Waals surface area contributed by atoms with Gasteiger partial charge < -0.3 is 9.88 Å². The van der Waals surface area contributed by atoms with E-state index in [-0.39, 0.29) is 23.3 Å². The number of nitriles is 1. The molecule has 0 saturated carbocycles. The Morgan fingerprint density at radius 1 is 1.32 bits per heavy atom. The number of H-pyrrole nitrogens is 1. The number of likely N-dealkylation sites (tertiary alicyclic amines) is 1. The number of aryl methyl sites for hydroxylation is 1. The molecular weight excluding hydrogens is 344 g/mol. The average molecular weight is 364 g/mol. The summed E-state index contributed by atoms with van der Waals surface area (Å²) < 4.78 is 25.6. The van der Waals surface area contributed by atoms with Crippen LogP contribution in [0.1, 0.15) is 40.9 Å². The molecule has 2 aliphatic rings. The Balaban J connectivity index is 1.72. The molecule has 134 valence electrons. The van der Waals surface area contributed by atoms with E-state index in [1.54, 1.807) is 22.2 Å². The van der Waals surface area contributed by atoms with Crippen LogP contribution in [0.25, 0.3) is 0 Å². The van der Waals surface area contributed by atoms with E-state index >= 15 is 0 Å². The smallest absolute Gasteiger partial charge is 0.266 e. The maximum atomic E-state index is 12.7. The third kappa shape index (κ3) is 3.32. The Morgan fingerprint density at radius 2 is 2.00 bits per heavy atom. The second-order valence-electron chi connectivity index (χ2n) is 6.47. The number of hydrogen-bond donors (Lipinski definition) is 1. The number of nitrogens with zero attached hydrogens (tertiary/aromatic N) is 3. The molecule has 8 nitrogen and oxygen atoms in total. The van der Waals surface area contributed by atoms with Crippen LogP contribution in [0.4, 0.5) is 0 Å². The summed E-state index contributed by atoms with van der Waals surface area (Å²) in [6.45, 7) is 3.09. The lowest BCUT2D eigenvalue weighted by Gasteiger charge is -2.36. The third-order valence-electron chi connectivity index (χ3n) is 4.89. The number of carbonyl (C=O) groups excluding carboxylic acids is 1. The standard InChI is InChI=1S/C16H20N4O4S/c1-11-14(9-12(10-17)15(21)18-11)16(22)19-6-3-13(4-7-19)20-5-2-8-25(20,23)24/h9,13H,2-8H2,1H3,(H,18,21).